The lowest BCUT2D eigenvalue weighted by atomic mass is 9.79. The summed E-state index contributed by atoms with van der Waals surface area (Å²) in [4.78, 5) is 14.6. The molecule has 1 N–H and O–H groups in total. The van der Waals surface area contributed by atoms with Crippen molar-refractivity contribution >= 4 is 18.3 Å². The maximum Gasteiger partial charge on any atom is 0.217 e. The first-order valence-electron chi connectivity index (χ1n) is 11.9. The van der Waals surface area contributed by atoms with Crippen LogP contribution in [0.2, 0.25) is 0 Å². The smallest absolute Gasteiger partial charge is 0.217 e. The van der Waals surface area contributed by atoms with Crippen molar-refractivity contribution in [3.63, 3.8) is 0 Å². The molecule has 0 bridgehead atoms. The van der Waals surface area contributed by atoms with Crippen LogP contribution in [0, 0.1) is 11.3 Å². The fourth-order valence-electron chi connectivity index (χ4n) is 5.87. The van der Waals surface area contributed by atoms with Gasteiger partial charge in [-0.05, 0) is 73.6 Å². The lowest BCUT2D eigenvalue weighted by Crippen LogP contribution is -2.54. The van der Waals surface area contributed by atoms with Gasteiger partial charge in [-0.2, -0.15) is 5.26 Å². The number of benzene rings is 2. The van der Waals surface area contributed by atoms with Gasteiger partial charge in [0, 0.05) is 38.0 Å². The molecule has 34 heavy (non-hydrogen) atoms. The first kappa shape index (κ1) is 24.4. The molecule has 1 aliphatic carbocycles. The summed E-state index contributed by atoms with van der Waals surface area (Å²) in [5, 5.41) is 12.3. The molecule has 2 aliphatic heterocycles. The van der Waals surface area contributed by atoms with Crippen molar-refractivity contribution in [2.45, 2.75) is 63.1 Å². The number of hydrogen-bond donors (Lipinski definition) is 1. The highest BCUT2D eigenvalue weighted by molar-refractivity contribution is 5.85. The van der Waals surface area contributed by atoms with E-state index in [2.05, 4.69) is 28.4 Å². The minimum Gasteiger partial charge on any atom is -0.497 e. The summed E-state index contributed by atoms with van der Waals surface area (Å²) < 4.78 is 12.0. The van der Waals surface area contributed by atoms with E-state index < -0.39 is 0 Å². The van der Waals surface area contributed by atoms with Gasteiger partial charge in [0.05, 0.1) is 24.8 Å². The molecule has 1 spiro atoms. The highest BCUT2D eigenvalue weighted by Crippen LogP contribution is 2.46. The normalized spacial score (nSPS) is 22.9. The Labute approximate surface area is 207 Å². The Balaban J connectivity index is 0.00000274. The van der Waals surface area contributed by atoms with Gasteiger partial charge in [-0.25, -0.2) is 0 Å². The summed E-state index contributed by atoms with van der Waals surface area (Å²) in [7, 11) is 1.65. The highest BCUT2D eigenvalue weighted by atomic mass is 35.5. The number of rotatable bonds is 3. The number of carbonyl (C=O) groups is 1. The van der Waals surface area contributed by atoms with Crippen LogP contribution in [0.5, 0.6) is 11.5 Å². The minimum atomic E-state index is -0.251. The van der Waals surface area contributed by atoms with Crippen molar-refractivity contribution in [3.05, 3.63) is 58.7 Å². The summed E-state index contributed by atoms with van der Waals surface area (Å²) in [6.07, 6.45) is 5.90. The van der Waals surface area contributed by atoms with Gasteiger partial charge in [-0.1, -0.05) is 6.07 Å². The van der Waals surface area contributed by atoms with E-state index in [0.29, 0.717) is 6.04 Å². The number of nitrogens with one attached hydrogen (secondary N) is 1. The van der Waals surface area contributed by atoms with Crippen LogP contribution in [-0.2, 0) is 17.6 Å². The van der Waals surface area contributed by atoms with Gasteiger partial charge in [-0.3, -0.25) is 9.69 Å². The summed E-state index contributed by atoms with van der Waals surface area (Å²) in [6.45, 7) is 3.56. The van der Waals surface area contributed by atoms with E-state index in [0.717, 1.165) is 74.2 Å². The monoisotopic (exact) mass is 481 g/mol. The second kappa shape index (κ2) is 9.85. The molecule has 2 aromatic carbocycles. The third kappa shape index (κ3) is 4.73. The molecule has 1 amide bonds. The molecule has 180 valence electrons. The molecular weight excluding hydrogens is 450 g/mol. The maximum absolute atomic E-state index is 11.9. The Kier molecular flexibility index (Phi) is 7.06. The van der Waals surface area contributed by atoms with Gasteiger partial charge in [-0.15, -0.1) is 12.4 Å². The summed E-state index contributed by atoms with van der Waals surface area (Å²) in [5.74, 6) is 1.61. The largest absolute Gasteiger partial charge is 0.497 e. The van der Waals surface area contributed by atoms with E-state index in [1.54, 1.807) is 14.0 Å². The number of hydrogen-bond acceptors (Lipinski definition) is 5. The second-order valence-electron chi connectivity index (χ2n) is 9.67. The number of ether oxygens (including phenoxy) is 2. The predicted octanol–water partition coefficient (Wildman–Crippen LogP) is 4.34. The Morgan fingerprint density at radius 2 is 2.00 bits per heavy atom. The van der Waals surface area contributed by atoms with Gasteiger partial charge in [0.15, 0.2) is 0 Å². The number of amides is 1. The van der Waals surface area contributed by atoms with Crippen LogP contribution < -0.4 is 14.8 Å². The Morgan fingerprint density at radius 1 is 1.21 bits per heavy atom. The lowest BCUT2D eigenvalue weighted by molar-refractivity contribution is -0.120. The molecule has 1 unspecified atom stereocenters. The van der Waals surface area contributed by atoms with Crippen LogP contribution in [0.25, 0.3) is 0 Å². The van der Waals surface area contributed by atoms with E-state index in [4.69, 9.17) is 9.47 Å². The standard InChI is InChI=1S/C27H31N3O3.ClH/c1-18(31)29-25-16-27(33-26-8-7-23(32-2)15-24(25)26)9-11-30(12-10-27)22-6-5-20-13-19(17-28)3-4-21(20)14-22;/h3-4,7-8,13,15,22,25H,5-6,9-12,14,16H2,1-2H3,(H,29,31);1H/t22-,25?;/m1./s1. The topological polar surface area (TPSA) is 74.6 Å². The SMILES string of the molecule is COc1ccc2c(c1)C(NC(C)=O)CC1(CCN([C@@H]3CCc4cc(C#N)ccc4C3)CC1)O2.Cl. The van der Waals surface area contributed by atoms with Crippen LogP contribution in [0.1, 0.15) is 60.9 Å². The number of nitrogens with zero attached hydrogens (tertiary/aromatic N) is 2. The van der Waals surface area contributed by atoms with Crippen LogP contribution >= 0.6 is 12.4 Å². The molecular formula is C27H32ClN3O3. The highest BCUT2D eigenvalue weighted by Gasteiger charge is 2.44. The van der Waals surface area contributed by atoms with Crippen molar-refractivity contribution in [2.75, 3.05) is 20.2 Å². The molecule has 1 fully saturated rings. The van der Waals surface area contributed by atoms with Gasteiger partial charge >= 0.3 is 0 Å². The predicted molar refractivity (Wildman–Crippen MR) is 133 cm³/mol. The zero-order valence-corrected chi connectivity index (χ0v) is 20.6. The number of methoxy groups -OCH3 is 1. The molecule has 2 heterocycles. The molecule has 1 saturated heterocycles. The first-order valence-corrected chi connectivity index (χ1v) is 11.9. The van der Waals surface area contributed by atoms with Crippen molar-refractivity contribution in [3.8, 4) is 17.6 Å². The maximum atomic E-state index is 11.9. The number of nitriles is 1. The average Bonchev–Trinajstić information content (AvgIpc) is 2.83. The molecule has 0 aromatic heterocycles. The summed E-state index contributed by atoms with van der Waals surface area (Å²) >= 11 is 0. The number of fused-ring (bicyclic) bond motifs is 2. The van der Waals surface area contributed by atoms with E-state index in [-0.39, 0.29) is 30.0 Å². The summed E-state index contributed by atoms with van der Waals surface area (Å²) in [5.41, 5.74) is 4.22. The van der Waals surface area contributed by atoms with Crippen molar-refractivity contribution < 1.29 is 14.3 Å². The van der Waals surface area contributed by atoms with E-state index in [9.17, 15) is 10.1 Å². The molecule has 6 nitrogen and oxygen atoms in total. The average molecular weight is 482 g/mol. The molecule has 0 radical (unpaired) electrons. The Hall–Kier alpha value is -2.75. The van der Waals surface area contributed by atoms with Crippen LogP contribution in [0.3, 0.4) is 0 Å². The van der Waals surface area contributed by atoms with Crippen LogP contribution in [0.15, 0.2) is 36.4 Å². The first-order chi connectivity index (χ1) is 16.0. The van der Waals surface area contributed by atoms with E-state index in [1.807, 2.05) is 24.3 Å². The van der Waals surface area contributed by atoms with Crippen molar-refractivity contribution in [2.24, 2.45) is 0 Å². The van der Waals surface area contributed by atoms with Crippen molar-refractivity contribution in [1.29, 1.82) is 5.26 Å². The summed E-state index contributed by atoms with van der Waals surface area (Å²) in [6, 6.07) is 14.7. The fraction of sp³-hybridized carbons (Fsp3) is 0.481. The number of halogens is 1. The number of carbonyl (C=O) groups excluding carboxylic acids is 1. The molecule has 7 heteroatoms. The number of likely N-dealkylation sites (tertiary alicyclic amines) is 1. The molecule has 3 aliphatic rings. The van der Waals surface area contributed by atoms with Crippen LogP contribution in [0.4, 0.5) is 0 Å². The third-order valence-electron chi connectivity index (χ3n) is 7.64. The van der Waals surface area contributed by atoms with Crippen LogP contribution in [-0.4, -0.2) is 42.6 Å². The molecule has 5 rings (SSSR count). The quantitative estimate of drug-likeness (QED) is 0.705. The molecule has 0 saturated carbocycles. The molecule has 2 aromatic rings. The lowest BCUT2D eigenvalue weighted by Gasteiger charge is -2.49. The van der Waals surface area contributed by atoms with Gasteiger partial charge in [0.1, 0.15) is 17.1 Å². The van der Waals surface area contributed by atoms with Gasteiger partial charge in [0.2, 0.25) is 5.91 Å². The van der Waals surface area contributed by atoms with Crippen molar-refractivity contribution in [1.82, 2.24) is 10.2 Å². The van der Waals surface area contributed by atoms with Gasteiger partial charge < -0.3 is 14.8 Å². The van der Waals surface area contributed by atoms with E-state index >= 15 is 0 Å². The Morgan fingerprint density at radius 3 is 2.71 bits per heavy atom. The van der Waals surface area contributed by atoms with E-state index in [1.165, 1.54) is 11.1 Å². The molecule has 2 atom stereocenters. The number of aryl methyl sites for hydroxylation is 1. The zero-order valence-electron chi connectivity index (χ0n) is 19.8. The zero-order chi connectivity index (χ0) is 23.0. The second-order valence-corrected chi connectivity index (χ2v) is 9.67. The van der Waals surface area contributed by atoms with Gasteiger partial charge in [0.25, 0.3) is 0 Å². The minimum absolute atomic E-state index is 0. The Bertz CT molecular complexity index is 1100. The third-order valence-corrected chi connectivity index (χ3v) is 7.64. The fourth-order valence-corrected chi connectivity index (χ4v) is 5.87. The number of piperidine rings is 1.